The lowest BCUT2D eigenvalue weighted by Gasteiger charge is -2.17. The van der Waals surface area contributed by atoms with E-state index in [-0.39, 0.29) is 10.8 Å². The third kappa shape index (κ3) is 3.85. The Balaban J connectivity index is 1.80. The van der Waals surface area contributed by atoms with Gasteiger partial charge in [-0.2, -0.15) is 0 Å². The number of nitrogens with zero attached hydrogens (tertiary/aromatic N) is 1. The summed E-state index contributed by atoms with van der Waals surface area (Å²) in [6, 6.07) is 12.1. The van der Waals surface area contributed by atoms with Gasteiger partial charge < -0.3 is 4.90 Å². The van der Waals surface area contributed by atoms with Crippen molar-refractivity contribution in [2.24, 2.45) is 0 Å². The number of carbonyl (C=O) groups is 1. The van der Waals surface area contributed by atoms with Gasteiger partial charge in [0.1, 0.15) is 0 Å². The third-order valence-corrected chi connectivity index (χ3v) is 5.99. The summed E-state index contributed by atoms with van der Waals surface area (Å²) in [5.74, 6) is -0.0811. The van der Waals surface area contributed by atoms with E-state index in [1.54, 1.807) is 43.4 Å². The van der Waals surface area contributed by atoms with Crippen LogP contribution < -0.4 is 9.62 Å². The van der Waals surface area contributed by atoms with E-state index in [0.717, 1.165) is 24.8 Å². The zero-order chi connectivity index (χ0) is 18.0. The second kappa shape index (κ2) is 6.88. The van der Waals surface area contributed by atoms with Crippen LogP contribution in [-0.4, -0.2) is 21.4 Å². The molecule has 0 atom stereocenters. The van der Waals surface area contributed by atoms with Crippen LogP contribution in [-0.2, 0) is 27.7 Å². The first-order valence-electron chi connectivity index (χ1n) is 8.36. The van der Waals surface area contributed by atoms with Crippen LogP contribution in [0.25, 0.3) is 0 Å². The summed E-state index contributed by atoms with van der Waals surface area (Å²) < 4.78 is 27.9. The number of carbonyl (C=O) groups excluding carboxylic acids is 1. The van der Waals surface area contributed by atoms with Crippen LogP contribution in [0.3, 0.4) is 0 Å². The molecule has 0 saturated carbocycles. The van der Waals surface area contributed by atoms with Crippen molar-refractivity contribution in [2.75, 3.05) is 16.7 Å². The van der Waals surface area contributed by atoms with Crippen molar-refractivity contribution in [3.8, 4) is 0 Å². The maximum absolute atomic E-state index is 12.6. The van der Waals surface area contributed by atoms with E-state index in [9.17, 15) is 13.2 Å². The van der Waals surface area contributed by atoms with Gasteiger partial charge in [-0.25, -0.2) is 8.42 Å². The zero-order valence-corrected chi connectivity index (χ0v) is 15.3. The van der Waals surface area contributed by atoms with Gasteiger partial charge in [-0.1, -0.05) is 6.07 Å². The van der Waals surface area contributed by atoms with Crippen LogP contribution in [0.15, 0.2) is 47.4 Å². The molecule has 0 heterocycles. The monoisotopic (exact) mass is 358 g/mol. The fraction of sp³-hybridized carbons (Fsp3) is 0.316. The van der Waals surface area contributed by atoms with Crippen LogP contribution in [0.1, 0.15) is 30.9 Å². The van der Waals surface area contributed by atoms with E-state index in [0.29, 0.717) is 11.4 Å². The van der Waals surface area contributed by atoms with E-state index in [2.05, 4.69) is 4.72 Å². The fourth-order valence-corrected chi connectivity index (χ4v) is 4.13. The minimum Gasteiger partial charge on any atom is -0.316 e. The van der Waals surface area contributed by atoms with Crippen LogP contribution in [0.2, 0.25) is 0 Å². The maximum Gasteiger partial charge on any atom is 0.261 e. The van der Waals surface area contributed by atoms with E-state index < -0.39 is 10.0 Å². The molecule has 2 aromatic rings. The average Bonchev–Trinajstić information content (AvgIpc) is 2.61. The predicted molar refractivity (Wildman–Crippen MR) is 99.4 cm³/mol. The van der Waals surface area contributed by atoms with Crippen LogP contribution in [0.4, 0.5) is 11.4 Å². The first kappa shape index (κ1) is 17.5. The summed E-state index contributed by atoms with van der Waals surface area (Å²) in [6.07, 6.45) is 4.23. The van der Waals surface area contributed by atoms with Gasteiger partial charge in [0.25, 0.3) is 10.0 Å². The van der Waals surface area contributed by atoms with Crippen molar-refractivity contribution < 1.29 is 13.2 Å². The summed E-state index contributed by atoms with van der Waals surface area (Å²) in [4.78, 5) is 13.2. The van der Waals surface area contributed by atoms with Crippen molar-refractivity contribution in [1.29, 1.82) is 0 Å². The molecule has 0 fully saturated rings. The number of aryl methyl sites for hydroxylation is 2. The molecule has 0 aromatic heterocycles. The number of nitrogens with one attached hydrogen (secondary N) is 1. The van der Waals surface area contributed by atoms with E-state index in [4.69, 9.17) is 0 Å². The Morgan fingerprint density at radius 1 is 1.00 bits per heavy atom. The van der Waals surface area contributed by atoms with Gasteiger partial charge in [-0.15, -0.1) is 0 Å². The molecule has 0 saturated heterocycles. The predicted octanol–water partition coefficient (Wildman–Crippen LogP) is 3.35. The molecule has 3 rings (SSSR count). The topological polar surface area (TPSA) is 66.5 Å². The number of benzene rings is 2. The zero-order valence-electron chi connectivity index (χ0n) is 14.5. The van der Waals surface area contributed by atoms with Gasteiger partial charge in [0.2, 0.25) is 5.91 Å². The summed E-state index contributed by atoms with van der Waals surface area (Å²) in [7, 11) is -1.95. The summed E-state index contributed by atoms with van der Waals surface area (Å²) in [5, 5.41) is 0. The lowest BCUT2D eigenvalue weighted by Crippen LogP contribution is -2.22. The highest BCUT2D eigenvalue weighted by atomic mass is 32.2. The van der Waals surface area contributed by atoms with Crippen LogP contribution in [0, 0.1) is 0 Å². The van der Waals surface area contributed by atoms with Crippen molar-refractivity contribution in [2.45, 2.75) is 37.5 Å². The minimum atomic E-state index is -3.63. The summed E-state index contributed by atoms with van der Waals surface area (Å²) in [5.41, 5.74) is 3.57. The van der Waals surface area contributed by atoms with Gasteiger partial charge in [0.05, 0.1) is 4.90 Å². The molecule has 5 nitrogen and oxygen atoms in total. The van der Waals surface area contributed by atoms with E-state index >= 15 is 0 Å². The molecule has 0 aliphatic heterocycles. The second-order valence-corrected chi connectivity index (χ2v) is 8.05. The Bertz CT molecular complexity index is 889. The van der Waals surface area contributed by atoms with Crippen LogP contribution in [0.5, 0.6) is 0 Å². The Hall–Kier alpha value is -2.34. The maximum atomic E-state index is 12.6. The molecule has 1 aliphatic rings. The number of sulfonamides is 1. The first-order chi connectivity index (χ1) is 11.9. The molecule has 1 amide bonds. The fourth-order valence-electron chi connectivity index (χ4n) is 3.03. The highest BCUT2D eigenvalue weighted by Gasteiger charge is 2.18. The lowest BCUT2D eigenvalue weighted by atomic mass is 9.92. The molecule has 1 N–H and O–H groups in total. The minimum absolute atomic E-state index is 0.0811. The third-order valence-electron chi connectivity index (χ3n) is 4.61. The Kier molecular flexibility index (Phi) is 4.81. The second-order valence-electron chi connectivity index (χ2n) is 6.37. The number of hydrogen-bond acceptors (Lipinski definition) is 3. The number of hydrogen-bond donors (Lipinski definition) is 1. The van der Waals surface area contributed by atoms with Gasteiger partial charge in [-0.3, -0.25) is 9.52 Å². The van der Waals surface area contributed by atoms with Gasteiger partial charge in [0.15, 0.2) is 0 Å². The molecule has 25 heavy (non-hydrogen) atoms. The molecule has 0 bridgehead atoms. The number of fused-ring (bicyclic) bond motifs is 1. The smallest absolute Gasteiger partial charge is 0.261 e. The Labute approximate surface area is 148 Å². The highest BCUT2D eigenvalue weighted by molar-refractivity contribution is 7.92. The Morgan fingerprint density at radius 3 is 2.28 bits per heavy atom. The van der Waals surface area contributed by atoms with Crippen molar-refractivity contribution in [3.05, 3.63) is 53.6 Å². The molecular formula is C19H22N2O3S. The number of anilines is 2. The van der Waals surface area contributed by atoms with E-state index in [1.807, 2.05) is 6.07 Å². The molecular weight excluding hydrogens is 336 g/mol. The van der Waals surface area contributed by atoms with Gasteiger partial charge >= 0.3 is 0 Å². The van der Waals surface area contributed by atoms with Crippen LogP contribution >= 0.6 is 0 Å². The average molecular weight is 358 g/mol. The molecule has 132 valence electrons. The molecule has 2 aromatic carbocycles. The van der Waals surface area contributed by atoms with E-state index in [1.165, 1.54) is 23.8 Å². The van der Waals surface area contributed by atoms with Gasteiger partial charge in [0, 0.05) is 25.3 Å². The Morgan fingerprint density at radius 2 is 1.64 bits per heavy atom. The number of amides is 1. The van der Waals surface area contributed by atoms with Gasteiger partial charge in [-0.05, 0) is 73.2 Å². The summed E-state index contributed by atoms with van der Waals surface area (Å²) >= 11 is 0. The molecule has 0 radical (unpaired) electrons. The molecule has 0 unspecified atom stereocenters. The first-order valence-corrected chi connectivity index (χ1v) is 9.84. The molecule has 0 spiro atoms. The largest absolute Gasteiger partial charge is 0.316 e. The quantitative estimate of drug-likeness (QED) is 0.911. The SMILES string of the molecule is CC(=O)N(C)c1ccc(NS(=O)(=O)c2ccc3c(c2)CCCC3)cc1. The lowest BCUT2D eigenvalue weighted by molar-refractivity contribution is -0.116. The molecule has 1 aliphatic carbocycles. The van der Waals surface area contributed by atoms with Crippen molar-refractivity contribution in [3.63, 3.8) is 0 Å². The van der Waals surface area contributed by atoms with Crippen molar-refractivity contribution >= 4 is 27.3 Å². The number of rotatable bonds is 4. The standard InChI is InChI=1S/C19H22N2O3S/c1-14(22)21(2)18-10-8-17(9-11-18)20-25(23,24)19-12-7-15-5-3-4-6-16(15)13-19/h7-13,20H,3-6H2,1-2H3. The highest BCUT2D eigenvalue weighted by Crippen LogP contribution is 2.26. The summed E-state index contributed by atoms with van der Waals surface area (Å²) in [6.45, 7) is 1.48. The normalized spacial score (nSPS) is 13.8. The molecule has 6 heteroatoms. The van der Waals surface area contributed by atoms with Crippen molar-refractivity contribution in [1.82, 2.24) is 0 Å².